The highest BCUT2D eigenvalue weighted by Gasteiger charge is 2.57. The molecule has 2 aliphatic rings. The Labute approximate surface area is 175 Å². The largest absolute Gasteiger partial charge is 0.338 e. The number of amides is 4. The van der Waals surface area contributed by atoms with Gasteiger partial charge in [-0.15, -0.1) is 0 Å². The maximum absolute atomic E-state index is 13.2. The highest BCUT2D eigenvalue weighted by molar-refractivity contribution is 6.07. The Morgan fingerprint density at radius 2 is 1.70 bits per heavy atom. The van der Waals surface area contributed by atoms with Gasteiger partial charge >= 0.3 is 6.03 Å². The zero-order valence-electron chi connectivity index (χ0n) is 17.2. The number of nitrogens with zero attached hydrogens (tertiary/aromatic N) is 5. The number of carbonyl (C=O) groups is 3. The summed E-state index contributed by atoms with van der Waals surface area (Å²) in [5.74, 6) is 0.302. The van der Waals surface area contributed by atoms with E-state index < -0.39 is 5.54 Å². The van der Waals surface area contributed by atoms with Gasteiger partial charge in [0, 0.05) is 38.6 Å². The molecule has 1 spiro atoms. The summed E-state index contributed by atoms with van der Waals surface area (Å²) in [5, 5.41) is 0. The van der Waals surface area contributed by atoms with Crippen LogP contribution in [0.1, 0.15) is 41.5 Å². The van der Waals surface area contributed by atoms with Crippen molar-refractivity contribution in [1.29, 1.82) is 0 Å². The molecule has 2 aromatic rings. The van der Waals surface area contributed by atoms with Crippen molar-refractivity contribution >= 4 is 17.8 Å². The maximum Gasteiger partial charge on any atom is 0.327 e. The third-order valence-electron chi connectivity index (χ3n) is 6.03. The molecule has 2 saturated heterocycles. The van der Waals surface area contributed by atoms with Crippen molar-refractivity contribution in [3.05, 3.63) is 59.7 Å². The summed E-state index contributed by atoms with van der Waals surface area (Å²) < 4.78 is 0. The molecule has 3 heterocycles. The van der Waals surface area contributed by atoms with E-state index in [9.17, 15) is 14.4 Å². The number of aromatic nitrogens is 2. The van der Waals surface area contributed by atoms with Crippen LogP contribution < -0.4 is 0 Å². The SMILES string of the molecule is CCN1C(=O)N(Cc2ccccc2)C2(CCN(C(=O)c3cnc(C)nc3)CC2)C1=O. The first-order chi connectivity index (χ1) is 14.5. The molecule has 30 heavy (non-hydrogen) atoms. The smallest absolute Gasteiger partial charge is 0.327 e. The molecular weight excluding hydrogens is 382 g/mol. The van der Waals surface area contributed by atoms with Gasteiger partial charge < -0.3 is 9.80 Å². The van der Waals surface area contributed by atoms with Gasteiger partial charge in [0.2, 0.25) is 0 Å². The highest BCUT2D eigenvalue weighted by atomic mass is 16.2. The summed E-state index contributed by atoms with van der Waals surface area (Å²) in [6.07, 6.45) is 3.89. The number of benzene rings is 1. The van der Waals surface area contributed by atoms with Crippen molar-refractivity contribution in [2.75, 3.05) is 19.6 Å². The second-order valence-electron chi connectivity index (χ2n) is 7.75. The number of imide groups is 1. The van der Waals surface area contributed by atoms with Crippen molar-refractivity contribution < 1.29 is 14.4 Å². The Kier molecular flexibility index (Phi) is 5.24. The molecule has 8 nitrogen and oxygen atoms in total. The Morgan fingerprint density at radius 1 is 1.07 bits per heavy atom. The summed E-state index contributed by atoms with van der Waals surface area (Å²) in [6, 6.07) is 9.43. The summed E-state index contributed by atoms with van der Waals surface area (Å²) in [5.41, 5.74) is 0.511. The van der Waals surface area contributed by atoms with Crippen LogP contribution in [0.2, 0.25) is 0 Å². The molecule has 2 aliphatic heterocycles. The molecule has 0 saturated carbocycles. The van der Waals surface area contributed by atoms with Crippen molar-refractivity contribution in [3.63, 3.8) is 0 Å². The van der Waals surface area contributed by atoms with Gasteiger partial charge in [-0.2, -0.15) is 0 Å². The molecule has 0 aliphatic carbocycles. The second kappa shape index (κ2) is 7.85. The molecule has 0 unspecified atom stereocenters. The van der Waals surface area contributed by atoms with Gasteiger partial charge in [-0.25, -0.2) is 14.8 Å². The lowest BCUT2D eigenvalue weighted by Gasteiger charge is -2.42. The van der Waals surface area contributed by atoms with Crippen LogP contribution in [0.5, 0.6) is 0 Å². The fourth-order valence-corrected chi connectivity index (χ4v) is 4.30. The standard InChI is InChI=1S/C22H25N5O3/c1-3-26-20(29)22(27(21(26)30)15-17-7-5-4-6-8-17)9-11-25(12-10-22)19(28)18-13-23-16(2)24-14-18/h4-8,13-14H,3,9-12,15H2,1-2H3. The summed E-state index contributed by atoms with van der Waals surface area (Å²) in [7, 11) is 0. The third kappa shape index (κ3) is 3.32. The highest BCUT2D eigenvalue weighted by Crippen LogP contribution is 2.38. The summed E-state index contributed by atoms with van der Waals surface area (Å²) in [6.45, 7) is 5.09. The molecule has 8 heteroatoms. The van der Waals surface area contributed by atoms with E-state index >= 15 is 0 Å². The molecule has 2 fully saturated rings. The van der Waals surface area contributed by atoms with Crippen LogP contribution in [-0.2, 0) is 11.3 Å². The minimum atomic E-state index is -0.899. The van der Waals surface area contributed by atoms with E-state index in [0.29, 0.717) is 50.4 Å². The number of likely N-dealkylation sites (N-methyl/N-ethyl adjacent to an activating group) is 1. The number of rotatable bonds is 4. The van der Waals surface area contributed by atoms with Crippen molar-refractivity contribution in [1.82, 2.24) is 24.7 Å². The first-order valence-electron chi connectivity index (χ1n) is 10.2. The molecule has 156 valence electrons. The molecule has 4 rings (SSSR count). The molecule has 1 aromatic carbocycles. The Morgan fingerprint density at radius 3 is 2.30 bits per heavy atom. The lowest BCUT2D eigenvalue weighted by atomic mass is 9.85. The van der Waals surface area contributed by atoms with E-state index in [2.05, 4.69) is 9.97 Å². The molecule has 0 bridgehead atoms. The molecule has 1 aromatic heterocycles. The van der Waals surface area contributed by atoms with Crippen molar-refractivity contribution in [3.8, 4) is 0 Å². The average Bonchev–Trinajstić information content (AvgIpc) is 2.96. The number of urea groups is 1. The number of hydrogen-bond donors (Lipinski definition) is 0. The maximum atomic E-state index is 13.2. The Balaban J connectivity index is 1.55. The van der Waals surface area contributed by atoms with Crippen LogP contribution in [0.4, 0.5) is 4.79 Å². The van der Waals surface area contributed by atoms with Crippen LogP contribution >= 0.6 is 0 Å². The quantitative estimate of drug-likeness (QED) is 0.726. The average molecular weight is 407 g/mol. The zero-order chi connectivity index (χ0) is 21.3. The second-order valence-corrected chi connectivity index (χ2v) is 7.75. The van der Waals surface area contributed by atoms with Crippen LogP contribution in [0.25, 0.3) is 0 Å². The van der Waals surface area contributed by atoms with Crippen molar-refractivity contribution in [2.45, 2.75) is 38.8 Å². The third-order valence-corrected chi connectivity index (χ3v) is 6.03. The van der Waals surface area contributed by atoms with E-state index in [1.807, 2.05) is 37.3 Å². The number of piperidine rings is 1. The lowest BCUT2D eigenvalue weighted by Crippen LogP contribution is -2.57. The van der Waals surface area contributed by atoms with Crippen LogP contribution in [0.15, 0.2) is 42.7 Å². The number of hydrogen-bond acceptors (Lipinski definition) is 5. The molecule has 0 radical (unpaired) electrons. The van der Waals surface area contributed by atoms with Gasteiger partial charge in [-0.05, 0) is 32.3 Å². The molecule has 0 N–H and O–H groups in total. The van der Waals surface area contributed by atoms with E-state index in [0.717, 1.165) is 5.56 Å². The normalized spacial score (nSPS) is 18.4. The van der Waals surface area contributed by atoms with Crippen LogP contribution in [-0.4, -0.2) is 67.7 Å². The monoisotopic (exact) mass is 407 g/mol. The topological polar surface area (TPSA) is 86.7 Å². The van der Waals surface area contributed by atoms with Gasteiger partial charge in [0.15, 0.2) is 0 Å². The van der Waals surface area contributed by atoms with Crippen LogP contribution in [0.3, 0.4) is 0 Å². The molecular formula is C22H25N5O3. The summed E-state index contributed by atoms with van der Waals surface area (Å²) in [4.78, 5) is 52.0. The fourth-order valence-electron chi connectivity index (χ4n) is 4.30. The summed E-state index contributed by atoms with van der Waals surface area (Å²) >= 11 is 0. The van der Waals surface area contributed by atoms with Gasteiger partial charge in [0.05, 0.1) is 5.56 Å². The number of likely N-dealkylation sites (tertiary alicyclic amines) is 1. The van der Waals surface area contributed by atoms with E-state index in [1.54, 1.807) is 16.7 Å². The Hall–Kier alpha value is -3.29. The van der Waals surface area contributed by atoms with Crippen LogP contribution in [0, 0.1) is 6.92 Å². The minimum Gasteiger partial charge on any atom is -0.338 e. The van der Waals surface area contributed by atoms with E-state index in [4.69, 9.17) is 0 Å². The van der Waals surface area contributed by atoms with Gasteiger partial charge in [-0.3, -0.25) is 14.5 Å². The zero-order valence-corrected chi connectivity index (χ0v) is 17.2. The minimum absolute atomic E-state index is 0.149. The van der Waals surface area contributed by atoms with E-state index in [-0.39, 0.29) is 17.8 Å². The predicted octanol–water partition coefficient (Wildman–Crippen LogP) is 2.24. The number of carbonyl (C=O) groups excluding carboxylic acids is 3. The fraction of sp³-hybridized carbons (Fsp3) is 0.409. The van der Waals surface area contributed by atoms with Gasteiger partial charge in [-0.1, -0.05) is 30.3 Å². The number of aryl methyl sites for hydroxylation is 1. The van der Waals surface area contributed by atoms with Gasteiger partial charge in [0.1, 0.15) is 11.4 Å². The van der Waals surface area contributed by atoms with Gasteiger partial charge in [0.25, 0.3) is 11.8 Å². The first-order valence-corrected chi connectivity index (χ1v) is 10.2. The molecule has 4 amide bonds. The van der Waals surface area contributed by atoms with E-state index in [1.165, 1.54) is 17.3 Å². The predicted molar refractivity (Wildman–Crippen MR) is 109 cm³/mol. The lowest BCUT2D eigenvalue weighted by molar-refractivity contribution is -0.135. The van der Waals surface area contributed by atoms with Crippen molar-refractivity contribution in [2.24, 2.45) is 0 Å². The Bertz CT molecular complexity index is 952. The molecule has 0 atom stereocenters. The first kappa shape index (κ1) is 20.0.